The van der Waals surface area contributed by atoms with Gasteiger partial charge >= 0.3 is 12.2 Å². The van der Waals surface area contributed by atoms with E-state index in [-0.39, 0.29) is 23.4 Å². The molecule has 0 aliphatic rings. The summed E-state index contributed by atoms with van der Waals surface area (Å²) in [5.74, 6) is -0.892. The molecule has 0 spiro atoms. The Hall–Kier alpha value is -2.09. The quantitative estimate of drug-likeness (QED) is 0.806. The highest BCUT2D eigenvalue weighted by Crippen LogP contribution is 2.29. The van der Waals surface area contributed by atoms with Crippen LogP contribution in [0, 0.1) is 5.82 Å². The second-order valence-corrected chi connectivity index (χ2v) is 4.56. The van der Waals surface area contributed by atoms with Gasteiger partial charge in [0.1, 0.15) is 5.82 Å². The summed E-state index contributed by atoms with van der Waals surface area (Å²) in [6, 6.07) is 2.99. The fraction of sp³-hybridized carbons (Fsp3) is 0.231. The van der Waals surface area contributed by atoms with E-state index < -0.39 is 29.3 Å². The maximum atomic E-state index is 13.9. The van der Waals surface area contributed by atoms with E-state index in [1.165, 1.54) is 13.0 Å². The second-order valence-electron chi connectivity index (χ2n) is 4.12. The number of ether oxygens (including phenoxy) is 1. The van der Waals surface area contributed by atoms with E-state index in [4.69, 9.17) is 16.3 Å². The number of hydrogen-bond donors (Lipinski definition) is 0. The Morgan fingerprint density at radius 2 is 2.00 bits per heavy atom. The Kier molecular flexibility index (Phi) is 4.41. The zero-order valence-electron chi connectivity index (χ0n) is 11.1. The van der Waals surface area contributed by atoms with Gasteiger partial charge in [0, 0.05) is 11.1 Å². The van der Waals surface area contributed by atoms with Crippen molar-refractivity contribution in [1.29, 1.82) is 0 Å². The maximum Gasteiger partial charge on any atom is 0.433 e. The Labute approximate surface area is 126 Å². The fourth-order valence-electron chi connectivity index (χ4n) is 1.72. The summed E-state index contributed by atoms with van der Waals surface area (Å²) in [5.41, 5.74) is -2.84. The van der Waals surface area contributed by atoms with Crippen molar-refractivity contribution >= 4 is 11.6 Å². The minimum Gasteiger partial charge on any atom is -0.465 e. The van der Waals surface area contributed by atoms with Gasteiger partial charge in [-0.1, -0.05) is 11.6 Å². The maximum absolute atomic E-state index is 13.9. The van der Waals surface area contributed by atoms with Crippen LogP contribution < -0.4 is 10.3 Å². The first-order valence-corrected chi connectivity index (χ1v) is 6.41. The molecule has 1 aromatic heterocycles. The fourth-order valence-corrected chi connectivity index (χ4v) is 1.88. The van der Waals surface area contributed by atoms with Crippen molar-refractivity contribution < 1.29 is 22.3 Å². The molecule has 1 heterocycles. The van der Waals surface area contributed by atoms with Gasteiger partial charge in [-0.2, -0.15) is 18.2 Å². The molecule has 0 radical (unpaired) electrons. The minimum atomic E-state index is -4.82. The molecule has 0 amide bonds. The van der Waals surface area contributed by atoms with Gasteiger partial charge in [-0.3, -0.25) is 4.79 Å². The Morgan fingerprint density at radius 3 is 2.55 bits per heavy atom. The average Bonchev–Trinajstić information content (AvgIpc) is 2.39. The lowest BCUT2D eigenvalue weighted by molar-refractivity contribution is -0.141. The van der Waals surface area contributed by atoms with Crippen molar-refractivity contribution in [3.63, 3.8) is 0 Å². The van der Waals surface area contributed by atoms with Crippen LogP contribution in [0.25, 0.3) is 5.69 Å². The first kappa shape index (κ1) is 16.3. The topological polar surface area (TPSA) is 44.1 Å². The van der Waals surface area contributed by atoms with Gasteiger partial charge in [0.15, 0.2) is 5.69 Å². The van der Waals surface area contributed by atoms with Crippen molar-refractivity contribution in [2.24, 2.45) is 0 Å². The molecule has 0 unspecified atom stereocenters. The summed E-state index contributed by atoms with van der Waals surface area (Å²) in [4.78, 5) is 15.2. The predicted octanol–water partition coefficient (Wildman–Crippen LogP) is 3.44. The van der Waals surface area contributed by atoms with Crippen LogP contribution in [-0.2, 0) is 6.18 Å². The molecule has 0 saturated heterocycles. The van der Waals surface area contributed by atoms with Gasteiger partial charge in [-0.05, 0) is 25.1 Å². The summed E-state index contributed by atoms with van der Waals surface area (Å²) in [5, 5.41) is 0.0760. The molecule has 1 aromatic carbocycles. The highest BCUT2D eigenvalue weighted by Gasteiger charge is 2.34. The molecule has 9 heteroatoms. The Balaban J connectivity index is 2.72. The number of aromatic nitrogens is 2. The molecule has 0 bridgehead atoms. The molecule has 0 saturated carbocycles. The van der Waals surface area contributed by atoms with E-state index >= 15 is 0 Å². The van der Waals surface area contributed by atoms with Gasteiger partial charge in [0.25, 0.3) is 5.56 Å². The van der Waals surface area contributed by atoms with Crippen molar-refractivity contribution in [2.75, 3.05) is 6.61 Å². The van der Waals surface area contributed by atoms with Crippen LogP contribution in [0.15, 0.2) is 29.1 Å². The lowest BCUT2D eigenvalue weighted by atomic mass is 10.3. The third kappa shape index (κ3) is 3.22. The molecule has 4 nitrogen and oxygen atoms in total. The molecule has 118 valence electrons. The Bertz CT molecular complexity index is 759. The number of nitrogens with zero attached hydrogens (tertiary/aromatic N) is 2. The van der Waals surface area contributed by atoms with Crippen LogP contribution in [-0.4, -0.2) is 16.2 Å². The molecule has 0 aliphatic carbocycles. The first-order chi connectivity index (χ1) is 10.2. The summed E-state index contributed by atoms with van der Waals surface area (Å²) < 4.78 is 57.6. The van der Waals surface area contributed by atoms with E-state index in [1.807, 2.05) is 0 Å². The number of alkyl halides is 3. The van der Waals surface area contributed by atoms with Crippen molar-refractivity contribution in [3.05, 3.63) is 51.2 Å². The smallest absolute Gasteiger partial charge is 0.433 e. The highest BCUT2D eigenvalue weighted by molar-refractivity contribution is 6.30. The van der Waals surface area contributed by atoms with Crippen molar-refractivity contribution in [3.8, 4) is 11.7 Å². The third-order valence-corrected chi connectivity index (χ3v) is 2.84. The SMILES string of the molecule is CCOc1nc(C(F)(F)F)cc(=O)n1-c1ccc(Cl)cc1F. The number of hydrogen-bond acceptors (Lipinski definition) is 3. The zero-order chi connectivity index (χ0) is 16.5. The molecule has 0 N–H and O–H groups in total. The molecular weight excluding hydrogens is 328 g/mol. The molecule has 0 aliphatic heterocycles. The van der Waals surface area contributed by atoms with Gasteiger partial charge < -0.3 is 4.74 Å². The van der Waals surface area contributed by atoms with Crippen molar-refractivity contribution in [1.82, 2.24) is 9.55 Å². The van der Waals surface area contributed by atoms with Crippen LogP contribution in [0.5, 0.6) is 6.01 Å². The second kappa shape index (κ2) is 5.96. The van der Waals surface area contributed by atoms with E-state index in [0.29, 0.717) is 4.57 Å². The third-order valence-electron chi connectivity index (χ3n) is 2.60. The Morgan fingerprint density at radius 1 is 1.32 bits per heavy atom. The summed E-state index contributed by atoms with van der Waals surface area (Å²) in [6.07, 6.45) is -4.82. The van der Waals surface area contributed by atoms with E-state index in [2.05, 4.69) is 4.98 Å². The molecule has 2 aromatic rings. The van der Waals surface area contributed by atoms with Gasteiger partial charge in [-0.25, -0.2) is 8.96 Å². The molecular formula is C13H9ClF4N2O2. The number of halogens is 5. The van der Waals surface area contributed by atoms with Crippen LogP contribution >= 0.6 is 11.6 Å². The monoisotopic (exact) mass is 336 g/mol. The average molecular weight is 337 g/mol. The number of rotatable bonds is 3. The minimum absolute atomic E-state index is 0.0526. The largest absolute Gasteiger partial charge is 0.465 e. The van der Waals surface area contributed by atoms with Gasteiger partial charge in [0.05, 0.1) is 12.3 Å². The lowest BCUT2D eigenvalue weighted by Crippen LogP contribution is -2.25. The normalized spacial score (nSPS) is 11.5. The van der Waals surface area contributed by atoms with Crippen LogP contribution in [0.1, 0.15) is 12.6 Å². The van der Waals surface area contributed by atoms with Crippen LogP contribution in [0.2, 0.25) is 5.02 Å². The van der Waals surface area contributed by atoms with E-state index in [9.17, 15) is 22.4 Å². The molecule has 0 fully saturated rings. The number of benzene rings is 1. The summed E-state index contributed by atoms with van der Waals surface area (Å²) in [6.45, 7) is 1.44. The van der Waals surface area contributed by atoms with E-state index in [1.54, 1.807) is 0 Å². The standard InChI is InChI=1S/C13H9ClF4N2O2/c1-2-22-12-19-10(13(16,17)18)6-11(21)20(12)9-4-3-7(14)5-8(9)15/h3-6H,2H2,1H3. The molecule has 0 atom stereocenters. The van der Waals surface area contributed by atoms with Crippen molar-refractivity contribution in [2.45, 2.75) is 13.1 Å². The lowest BCUT2D eigenvalue weighted by Gasteiger charge is -2.14. The van der Waals surface area contributed by atoms with Crippen LogP contribution in [0.3, 0.4) is 0 Å². The highest BCUT2D eigenvalue weighted by atomic mass is 35.5. The van der Waals surface area contributed by atoms with Crippen LogP contribution in [0.4, 0.5) is 17.6 Å². The van der Waals surface area contributed by atoms with E-state index in [0.717, 1.165) is 12.1 Å². The summed E-state index contributed by atoms with van der Waals surface area (Å²) in [7, 11) is 0. The first-order valence-electron chi connectivity index (χ1n) is 6.03. The predicted molar refractivity (Wildman–Crippen MR) is 71.0 cm³/mol. The van der Waals surface area contributed by atoms with Gasteiger partial charge in [0.2, 0.25) is 0 Å². The van der Waals surface area contributed by atoms with Gasteiger partial charge in [-0.15, -0.1) is 0 Å². The molecule has 2 rings (SSSR count). The summed E-state index contributed by atoms with van der Waals surface area (Å²) >= 11 is 5.61. The zero-order valence-corrected chi connectivity index (χ0v) is 11.9. The molecule has 22 heavy (non-hydrogen) atoms.